The Hall–Kier alpha value is -7.08. The van der Waals surface area contributed by atoms with Gasteiger partial charge in [0.1, 0.15) is 11.2 Å². The Morgan fingerprint density at radius 1 is 0.354 bits per heavy atom. The topological polar surface area (TPSA) is 32.8 Å². The largest absolute Gasteiger partial charge is 0.451 e. The molecule has 0 radical (unpaired) electrons. The molecule has 0 N–H and O–H groups in total. The highest BCUT2D eigenvalue weighted by atomic mass is 28.3. The Balaban J connectivity index is 1.01. The van der Waals surface area contributed by atoms with E-state index < -0.39 is 8.07 Å². The minimum absolute atomic E-state index is 0.466. The molecular weight excluding hydrogens is 809 g/mol. The molecular formula is C60H54N2O2Si. The molecule has 0 atom stereocenters. The van der Waals surface area contributed by atoms with Crippen molar-refractivity contribution in [3.05, 3.63) is 187 Å². The number of nitrogens with zero attached hydrogens (tertiary/aromatic N) is 2. The summed E-state index contributed by atoms with van der Waals surface area (Å²) in [6, 6.07) is 62.7. The van der Waals surface area contributed by atoms with Crippen LogP contribution in [-0.2, 0) is 0 Å². The van der Waals surface area contributed by atoms with E-state index in [-0.39, 0.29) is 0 Å². The van der Waals surface area contributed by atoms with E-state index in [1.165, 1.54) is 21.9 Å². The van der Waals surface area contributed by atoms with Crippen molar-refractivity contribution in [2.45, 2.75) is 66.1 Å². The van der Waals surface area contributed by atoms with E-state index in [9.17, 15) is 0 Å². The second kappa shape index (κ2) is 15.6. The zero-order valence-electron chi connectivity index (χ0n) is 38.5. The summed E-state index contributed by atoms with van der Waals surface area (Å²) in [6.45, 7) is 18.3. The first-order valence-electron chi connectivity index (χ1n) is 23.0. The maximum Gasteiger partial charge on any atom is 0.178 e. The summed E-state index contributed by atoms with van der Waals surface area (Å²) in [7, 11) is -1.46. The summed E-state index contributed by atoms with van der Waals surface area (Å²) in [4.78, 5) is 4.71. The zero-order chi connectivity index (χ0) is 44.7. The van der Waals surface area contributed by atoms with Crippen LogP contribution in [0.4, 0.5) is 34.1 Å². The molecule has 0 saturated heterocycles. The summed E-state index contributed by atoms with van der Waals surface area (Å²) in [5.41, 5.74) is 13.9. The van der Waals surface area contributed by atoms with Crippen molar-refractivity contribution in [3.8, 4) is 0 Å². The van der Waals surface area contributed by atoms with E-state index in [2.05, 4.69) is 234 Å². The van der Waals surface area contributed by atoms with Gasteiger partial charge in [-0.25, -0.2) is 0 Å². The quantitative estimate of drug-likeness (QED) is 0.135. The van der Waals surface area contributed by atoms with Crippen LogP contribution in [0, 0.1) is 6.92 Å². The Morgan fingerprint density at radius 2 is 0.677 bits per heavy atom. The standard InChI is InChI=1S/C60H54N2O2Si/c1-37(2)40-11-19-45(20-12-40)61(44-17-9-39(5)10-18-44)48-25-31-51-42(35-48)15-29-53-55-33-34-56-54-30-16-43-36-49(26-32-52(43)58(54)64-60(56)59(55)63-57(51)53)62(46-21-13-41(14-22-46)38(3)4)47-23-27-50(28-24-47)65(6,7)8/h9-38H,1-8H3. The van der Waals surface area contributed by atoms with Gasteiger partial charge in [0.25, 0.3) is 0 Å². The molecule has 11 aromatic rings. The van der Waals surface area contributed by atoms with E-state index in [1.54, 1.807) is 0 Å². The number of furan rings is 2. The Labute approximate surface area is 382 Å². The van der Waals surface area contributed by atoms with E-state index in [0.717, 1.165) is 99.5 Å². The fourth-order valence-electron chi connectivity index (χ4n) is 9.61. The van der Waals surface area contributed by atoms with Gasteiger partial charge in [0.2, 0.25) is 0 Å². The average molecular weight is 863 g/mol. The van der Waals surface area contributed by atoms with Gasteiger partial charge in [-0.15, -0.1) is 0 Å². The third-order valence-corrected chi connectivity index (χ3v) is 15.5. The van der Waals surface area contributed by atoms with E-state index in [0.29, 0.717) is 11.8 Å². The van der Waals surface area contributed by atoms with Crippen LogP contribution in [0.5, 0.6) is 0 Å². The van der Waals surface area contributed by atoms with Crippen molar-refractivity contribution >= 4 is 113 Å². The SMILES string of the molecule is Cc1ccc(N(c2ccc(C(C)C)cc2)c2ccc3c(ccc4c5ccc6c7ccc8cc(N(c9ccc(C(C)C)cc9)c9ccc([Si](C)(C)C)cc9)ccc8c7oc6c5oc34)c2)cc1. The second-order valence-corrected chi connectivity index (χ2v) is 24.6. The molecule has 0 saturated carbocycles. The fraction of sp³-hybridized carbons (Fsp3) is 0.167. The average Bonchev–Trinajstić information content (AvgIpc) is 3.89. The Morgan fingerprint density at radius 3 is 1.06 bits per heavy atom. The molecule has 320 valence electrons. The summed E-state index contributed by atoms with van der Waals surface area (Å²) >= 11 is 0. The molecule has 0 fully saturated rings. The molecule has 0 aliphatic rings. The number of hydrogen-bond acceptors (Lipinski definition) is 4. The first kappa shape index (κ1) is 40.7. The normalized spacial score (nSPS) is 12.3. The minimum Gasteiger partial charge on any atom is -0.451 e. The van der Waals surface area contributed by atoms with Gasteiger partial charge in [-0.05, 0) is 150 Å². The lowest BCUT2D eigenvalue weighted by Gasteiger charge is -2.27. The summed E-state index contributed by atoms with van der Waals surface area (Å²) in [5, 5.41) is 10.1. The molecule has 11 rings (SSSR count). The van der Waals surface area contributed by atoms with Crippen LogP contribution in [-0.4, -0.2) is 8.07 Å². The van der Waals surface area contributed by atoms with Crippen molar-refractivity contribution < 1.29 is 8.83 Å². The van der Waals surface area contributed by atoms with Gasteiger partial charge in [0.05, 0.1) is 8.07 Å². The summed E-state index contributed by atoms with van der Waals surface area (Å²) in [6.07, 6.45) is 0. The maximum absolute atomic E-state index is 6.94. The molecule has 0 bridgehead atoms. The molecule has 0 aliphatic carbocycles. The van der Waals surface area contributed by atoms with Crippen LogP contribution in [0.3, 0.4) is 0 Å². The minimum atomic E-state index is -1.46. The first-order valence-corrected chi connectivity index (χ1v) is 26.5. The molecule has 0 spiro atoms. The van der Waals surface area contributed by atoms with E-state index in [1.807, 2.05) is 0 Å². The lowest BCUT2D eigenvalue weighted by Crippen LogP contribution is -2.37. The molecule has 0 amide bonds. The Bertz CT molecular complexity index is 3570. The highest BCUT2D eigenvalue weighted by molar-refractivity contribution is 6.88. The van der Waals surface area contributed by atoms with Crippen molar-refractivity contribution in [1.29, 1.82) is 0 Å². The molecule has 2 aromatic heterocycles. The zero-order valence-corrected chi connectivity index (χ0v) is 39.5. The number of rotatable bonds is 9. The molecule has 65 heavy (non-hydrogen) atoms. The van der Waals surface area contributed by atoms with Crippen LogP contribution in [0.2, 0.25) is 19.6 Å². The van der Waals surface area contributed by atoms with Gasteiger partial charge >= 0.3 is 0 Å². The number of aryl methyl sites for hydroxylation is 1. The summed E-state index contributed by atoms with van der Waals surface area (Å²) < 4.78 is 13.9. The predicted octanol–water partition coefficient (Wildman–Crippen LogP) is 17.8. The van der Waals surface area contributed by atoms with Crippen LogP contribution >= 0.6 is 0 Å². The lowest BCUT2D eigenvalue weighted by molar-refractivity contribution is 0.637. The van der Waals surface area contributed by atoms with Crippen molar-refractivity contribution in [2.75, 3.05) is 9.80 Å². The number of benzene rings is 9. The molecule has 4 nitrogen and oxygen atoms in total. The van der Waals surface area contributed by atoms with Gasteiger partial charge in [-0.3, -0.25) is 0 Å². The van der Waals surface area contributed by atoms with Gasteiger partial charge in [0, 0.05) is 66.4 Å². The number of anilines is 6. The van der Waals surface area contributed by atoms with Gasteiger partial charge in [-0.1, -0.05) is 119 Å². The van der Waals surface area contributed by atoms with Crippen molar-refractivity contribution in [3.63, 3.8) is 0 Å². The van der Waals surface area contributed by atoms with Crippen LogP contribution < -0.4 is 15.0 Å². The molecule has 0 aliphatic heterocycles. The molecule has 5 heteroatoms. The van der Waals surface area contributed by atoms with E-state index in [4.69, 9.17) is 8.83 Å². The maximum atomic E-state index is 6.94. The van der Waals surface area contributed by atoms with Crippen molar-refractivity contribution in [2.24, 2.45) is 0 Å². The van der Waals surface area contributed by atoms with Gasteiger partial charge < -0.3 is 18.6 Å². The second-order valence-electron chi connectivity index (χ2n) is 19.5. The highest BCUT2D eigenvalue weighted by Crippen LogP contribution is 2.45. The van der Waals surface area contributed by atoms with Crippen LogP contribution in [0.15, 0.2) is 179 Å². The molecule has 2 heterocycles. The summed E-state index contributed by atoms with van der Waals surface area (Å²) in [5.74, 6) is 0.935. The van der Waals surface area contributed by atoms with Crippen LogP contribution in [0.25, 0.3) is 65.4 Å². The number of fused-ring (bicyclic) bond motifs is 11. The monoisotopic (exact) mass is 862 g/mol. The molecule has 9 aromatic carbocycles. The lowest BCUT2D eigenvalue weighted by atomic mass is 10.0. The van der Waals surface area contributed by atoms with Gasteiger partial charge in [0.15, 0.2) is 11.2 Å². The fourth-order valence-corrected chi connectivity index (χ4v) is 10.8. The Kier molecular flexibility index (Phi) is 9.74. The van der Waals surface area contributed by atoms with Crippen molar-refractivity contribution in [1.82, 2.24) is 0 Å². The third-order valence-electron chi connectivity index (χ3n) is 13.4. The predicted molar refractivity (Wildman–Crippen MR) is 281 cm³/mol. The van der Waals surface area contributed by atoms with E-state index >= 15 is 0 Å². The highest BCUT2D eigenvalue weighted by Gasteiger charge is 2.22. The smallest absolute Gasteiger partial charge is 0.178 e. The first-order chi connectivity index (χ1) is 31.4. The van der Waals surface area contributed by atoms with Gasteiger partial charge in [-0.2, -0.15) is 0 Å². The van der Waals surface area contributed by atoms with Crippen LogP contribution in [0.1, 0.15) is 56.2 Å². The molecule has 0 unspecified atom stereocenters. The third kappa shape index (κ3) is 7.06. The number of hydrogen-bond donors (Lipinski definition) is 0.